The van der Waals surface area contributed by atoms with E-state index in [9.17, 15) is 15.0 Å². The van der Waals surface area contributed by atoms with Crippen molar-refractivity contribution in [2.75, 3.05) is 7.11 Å². The Hall–Kier alpha value is -0.970. The lowest BCUT2D eigenvalue weighted by Gasteiger charge is -2.66. The molecular weight excluding hydrogens is 436 g/mol. The summed E-state index contributed by atoms with van der Waals surface area (Å²) in [5, 5.41) is 21.0. The van der Waals surface area contributed by atoms with Gasteiger partial charge in [0.1, 0.15) is 6.29 Å². The molecule has 4 aliphatic rings. The number of aliphatic hydroxyl groups excluding tert-OH is 1. The van der Waals surface area contributed by atoms with Crippen LogP contribution < -0.4 is 0 Å². The first-order valence-corrected chi connectivity index (χ1v) is 14.0. The molecule has 2 N–H and O–H groups in total. The van der Waals surface area contributed by atoms with Crippen molar-refractivity contribution >= 4 is 6.29 Å². The Bertz CT molecular complexity index is 881. The van der Waals surface area contributed by atoms with Crippen molar-refractivity contribution in [3.05, 3.63) is 23.8 Å². The van der Waals surface area contributed by atoms with Crippen molar-refractivity contribution in [2.24, 2.45) is 45.3 Å². The predicted molar refractivity (Wildman–Crippen MR) is 141 cm³/mol. The fourth-order valence-corrected chi connectivity index (χ4v) is 9.46. The van der Waals surface area contributed by atoms with Crippen LogP contribution in [0, 0.1) is 45.3 Å². The number of fused-ring (bicyclic) bond motifs is 5. The van der Waals surface area contributed by atoms with Gasteiger partial charge in [0.25, 0.3) is 0 Å². The molecule has 0 bridgehead atoms. The van der Waals surface area contributed by atoms with Gasteiger partial charge in [-0.15, -0.1) is 0 Å². The maximum Gasteiger partial charge on any atom is 0.127 e. The van der Waals surface area contributed by atoms with Crippen LogP contribution >= 0.6 is 0 Å². The van der Waals surface area contributed by atoms with Crippen molar-refractivity contribution < 1.29 is 19.7 Å². The minimum atomic E-state index is -0.776. The second-order valence-corrected chi connectivity index (χ2v) is 14.1. The topological polar surface area (TPSA) is 66.8 Å². The first kappa shape index (κ1) is 27.1. The van der Waals surface area contributed by atoms with E-state index in [1.165, 1.54) is 18.3 Å². The number of aliphatic hydroxyl groups is 2. The Morgan fingerprint density at radius 3 is 2.40 bits per heavy atom. The molecule has 35 heavy (non-hydrogen) atoms. The Morgan fingerprint density at radius 1 is 1.11 bits per heavy atom. The summed E-state index contributed by atoms with van der Waals surface area (Å²) < 4.78 is 6.23. The molecular formula is C31H50O4. The van der Waals surface area contributed by atoms with Crippen molar-refractivity contribution in [1.82, 2.24) is 0 Å². The number of hydrogen-bond donors (Lipinski definition) is 2. The molecule has 0 aromatic rings. The van der Waals surface area contributed by atoms with Gasteiger partial charge in [-0.05, 0) is 87.4 Å². The van der Waals surface area contributed by atoms with Gasteiger partial charge in [-0.25, -0.2) is 0 Å². The molecule has 4 nitrogen and oxygen atoms in total. The van der Waals surface area contributed by atoms with Gasteiger partial charge in [-0.2, -0.15) is 0 Å². The lowest BCUT2D eigenvalue weighted by Crippen LogP contribution is -2.64. The van der Waals surface area contributed by atoms with E-state index in [4.69, 9.17) is 4.74 Å². The van der Waals surface area contributed by atoms with Crippen LogP contribution in [0.15, 0.2) is 23.8 Å². The molecule has 0 heterocycles. The molecule has 198 valence electrons. The highest BCUT2D eigenvalue weighted by Gasteiger charge is 2.70. The maximum atomic E-state index is 13.2. The van der Waals surface area contributed by atoms with Gasteiger partial charge in [-0.3, -0.25) is 0 Å². The fourth-order valence-electron chi connectivity index (χ4n) is 9.46. The molecule has 0 spiro atoms. The van der Waals surface area contributed by atoms with Crippen molar-refractivity contribution in [3.63, 3.8) is 0 Å². The summed E-state index contributed by atoms with van der Waals surface area (Å²) in [6.45, 7) is 15.3. The third kappa shape index (κ3) is 3.92. The molecule has 0 aliphatic heterocycles. The normalized spacial score (nSPS) is 45.9. The van der Waals surface area contributed by atoms with Crippen LogP contribution in [0.4, 0.5) is 0 Å². The monoisotopic (exact) mass is 486 g/mol. The molecule has 4 aliphatic carbocycles. The van der Waals surface area contributed by atoms with Crippen molar-refractivity contribution in [1.29, 1.82) is 0 Å². The summed E-state index contributed by atoms with van der Waals surface area (Å²) in [6.07, 6.45) is 14.1. The highest BCUT2D eigenvalue weighted by molar-refractivity contribution is 5.65. The van der Waals surface area contributed by atoms with Gasteiger partial charge in [-0.1, -0.05) is 58.4 Å². The van der Waals surface area contributed by atoms with Crippen molar-refractivity contribution in [2.45, 2.75) is 111 Å². The highest BCUT2D eigenvalue weighted by Crippen LogP contribution is 2.74. The molecule has 9 atom stereocenters. The van der Waals surface area contributed by atoms with E-state index < -0.39 is 11.0 Å². The van der Waals surface area contributed by atoms with Crippen LogP contribution in [0.5, 0.6) is 0 Å². The quantitative estimate of drug-likeness (QED) is 0.351. The van der Waals surface area contributed by atoms with Gasteiger partial charge in [0.2, 0.25) is 0 Å². The predicted octanol–water partition coefficient (Wildman–Crippen LogP) is 6.11. The molecule has 0 radical (unpaired) electrons. The Balaban J connectivity index is 1.73. The van der Waals surface area contributed by atoms with Crippen LogP contribution in [0.2, 0.25) is 0 Å². The number of carbonyl (C=O) groups excluding carboxylic acids is 1. The van der Waals surface area contributed by atoms with E-state index in [1.807, 2.05) is 19.9 Å². The molecule has 4 heteroatoms. The first-order valence-electron chi connectivity index (χ1n) is 14.0. The van der Waals surface area contributed by atoms with Crippen LogP contribution in [0.1, 0.15) is 93.4 Å². The summed E-state index contributed by atoms with van der Waals surface area (Å²) in [4.78, 5) is 13.2. The molecule has 0 saturated heterocycles. The van der Waals surface area contributed by atoms with E-state index in [0.717, 1.165) is 38.5 Å². The number of hydrogen-bond acceptors (Lipinski definition) is 4. The number of aldehydes is 1. The summed E-state index contributed by atoms with van der Waals surface area (Å²) in [5.74, 6) is 1.45. The SMILES string of the molecule is CO[C@H]1C=C2[C@@H](CC[C@H](O)C2(C)C)[C@]2(C=O)CC[C@]3(C)[C@@H]([C@H](C)C/C=C/C(C)(C)O)CC[C@@]3(C)[C@@H]12. The molecule has 0 aromatic heterocycles. The minimum Gasteiger partial charge on any atom is -0.392 e. The first-order chi connectivity index (χ1) is 16.2. The van der Waals surface area contributed by atoms with Crippen LogP contribution in [0.25, 0.3) is 0 Å². The second-order valence-electron chi connectivity index (χ2n) is 14.1. The number of ether oxygens (including phenoxy) is 1. The zero-order chi connectivity index (χ0) is 26.0. The fraction of sp³-hybridized carbons (Fsp3) is 0.839. The number of methoxy groups -OCH3 is 1. The third-order valence-corrected chi connectivity index (χ3v) is 11.7. The van der Waals surface area contributed by atoms with Crippen LogP contribution in [0.3, 0.4) is 0 Å². The molecule has 4 rings (SSSR count). The summed E-state index contributed by atoms with van der Waals surface area (Å²) >= 11 is 0. The van der Waals surface area contributed by atoms with E-state index in [1.54, 1.807) is 7.11 Å². The minimum absolute atomic E-state index is 0.00790. The molecule has 0 amide bonds. The lowest BCUT2D eigenvalue weighted by molar-refractivity contribution is -0.186. The van der Waals surface area contributed by atoms with Crippen LogP contribution in [-0.2, 0) is 9.53 Å². The van der Waals surface area contributed by atoms with E-state index in [0.29, 0.717) is 11.8 Å². The maximum absolute atomic E-state index is 13.2. The third-order valence-electron chi connectivity index (χ3n) is 11.7. The molecule has 0 aromatic carbocycles. The Morgan fingerprint density at radius 2 is 1.80 bits per heavy atom. The van der Waals surface area contributed by atoms with Crippen LogP contribution in [-0.4, -0.2) is 41.4 Å². The average molecular weight is 487 g/mol. The van der Waals surface area contributed by atoms with E-state index in [2.05, 4.69) is 46.8 Å². The smallest absolute Gasteiger partial charge is 0.127 e. The van der Waals surface area contributed by atoms with Gasteiger partial charge >= 0.3 is 0 Å². The summed E-state index contributed by atoms with van der Waals surface area (Å²) in [7, 11) is 1.80. The van der Waals surface area contributed by atoms with E-state index in [-0.39, 0.29) is 40.3 Å². The highest BCUT2D eigenvalue weighted by atomic mass is 16.5. The number of rotatable bonds is 6. The molecule has 0 unspecified atom stereocenters. The molecule has 3 fully saturated rings. The Kier molecular flexibility index (Phi) is 6.81. The summed E-state index contributed by atoms with van der Waals surface area (Å²) in [6, 6.07) is 0. The lowest BCUT2D eigenvalue weighted by atomic mass is 9.38. The average Bonchev–Trinajstić information content (AvgIpc) is 3.06. The number of allylic oxidation sites excluding steroid dienone is 1. The van der Waals surface area contributed by atoms with Gasteiger partial charge < -0.3 is 19.7 Å². The zero-order valence-electron chi connectivity index (χ0n) is 23.4. The zero-order valence-corrected chi connectivity index (χ0v) is 23.4. The number of carbonyl (C=O) groups is 1. The largest absolute Gasteiger partial charge is 0.392 e. The molecule has 3 saturated carbocycles. The van der Waals surface area contributed by atoms with Gasteiger partial charge in [0, 0.05) is 23.9 Å². The van der Waals surface area contributed by atoms with Gasteiger partial charge in [0.15, 0.2) is 0 Å². The standard InChI is InChI=1S/C31H50O4/c1-20(10-9-14-27(2,3)34)21-13-15-30(7)26-24(35-8)18-23-22(11-12-25(33)28(23,4)5)31(26,19-32)17-16-29(21,30)6/h9,14,18-22,24-26,33-34H,10-13,15-17H2,1-8H3/b14-9+/t20-,21-,22-,24+,25+,26-,29-,30+,31-/m1/s1. The van der Waals surface area contributed by atoms with E-state index >= 15 is 0 Å². The second kappa shape index (κ2) is 8.81. The van der Waals surface area contributed by atoms with Crippen molar-refractivity contribution in [3.8, 4) is 0 Å². The van der Waals surface area contributed by atoms with Gasteiger partial charge in [0.05, 0.1) is 17.8 Å². The Labute approximate surface area is 213 Å². The summed E-state index contributed by atoms with van der Waals surface area (Å²) in [5.41, 5.74) is -0.136.